The minimum Gasteiger partial charge on any atom is -0.507 e. The molecule has 0 saturated carbocycles. The summed E-state index contributed by atoms with van der Waals surface area (Å²) in [6.07, 6.45) is 0.509. The second-order valence-corrected chi connectivity index (χ2v) is 6.02. The third-order valence-electron chi connectivity index (χ3n) is 3.28. The highest BCUT2D eigenvalue weighted by Crippen LogP contribution is 2.36. The first-order valence-corrected chi connectivity index (χ1v) is 7.53. The molecular weight excluding hydrogens is 309 g/mol. The molecule has 0 radical (unpaired) electrons. The van der Waals surface area contributed by atoms with Gasteiger partial charge in [0.1, 0.15) is 11.6 Å². The van der Waals surface area contributed by atoms with E-state index in [4.69, 9.17) is 18.0 Å². The van der Waals surface area contributed by atoms with Gasteiger partial charge in [0.05, 0.1) is 11.8 Å². The summed E-state index contributed by atoms with van der Waals surface area (Å²) in [6, 6.07) is 7.59. The van der Waals surface area contributed by atoms with Crippen LogP contribution in [0.1, 0.15) is 22.9 Å². The number of thiocarbonyl (C=S) groups is 1. The van der Waals surface area contributed by atoms with Crippen molar-refractivity contribution in [1.82, 2.24) is 5.01 Å². The first kappa shape index (κ1) is 14.0. The van der Waals surface area contributed by atoms with E-state index in [-0.39, 0.29) is 16.9 Å². The van der Waals surface area contributed by atoms with Gasteiger partial charge in [-0.15, -0.1) is 11.3 Å². The largest absolute Gasteiger partial charge is 0.507 e. The van der Waals surface area contributed by atoms with Crippen molar-refractivity contribution in [3.05, 3.63) is 52.0 Å². The molecule has 1 aromatic heterocycles. The Kier molecular flexibility index (Phi) is 3.60. The lowest BCUT2D eigenvalue weighted by Gasteiger charge is -2.20. The van der Waals surface area contributed by atoms with Crippen LogP contribution in [-0.4, -0.2) is 20.9 Å². The van der Waals surface area contributed by atoms with Crippen molar-refractivity contribution >= 4 is 34.4 Å². The summed E-state index contributed by atoms with van der Waals surface area (Å²) in [5.41, 5.74) is 6.66. The molecular formula is C14H12FN3OS2. The van der Waals surface area contributed by atoms with E-state index in [2.05, 4.69) is 5.10 Å². The van der Waals surface area contributed by atoms with Crippen LogP contribution < -0.4 is 5.73 Å². The zero-order valence-corrected chi connectivity index (χ0v) is 12.5. The summed E-state index contributed by atoms with van der Waals surface area (Å²) in [4.78, 5) is 1.07. The van der Waals surface area contributed by atoms with Gasteiger partial charge in [-0.3, -0.25) is 0 Å². The number of phenols is 1. The van der Waals surface area contributed by atoms with Crippen molar-refractivity contribution in [1.29, 1.82) is 0 Å². The van der Waals surface area contributed by atoms with E-state index in [1.165, 1.54) is 18.2 Å². The number of hydrogen-bond acceptors (Lipinski definition) is 4. The Morgan fingerprint density at radius 2 is 2.29 bits per heavy atom. The third kappa shape index (κ3) is 2.62. The molecule has 3 N–H and O–H groups in total. The molecule has 2 aromatic rings. The second kappa shape index (κ2) is 5.42. The van der Waals surface area contributed by atoms with Crippen LogP contribution in [0.4, 0.5) is 4.39 Å². The Bertz CT molecular complexity index is 715. The number of benzene rings is 1. The number of nitrogens with two attached hydrogens (primary N) is 1. The lowest BCUT2D eigenvalue weighted by atomic mass is 10.0. The average Bonchev–Trinajstić information content (AvgIpc) is 3.09. The van der Waals surface area contributed by atoms with Gasteiger partial charge >= 0.3 is 0 Å². The monoisotopic (exact) mass is 321 g/mol. The van der Waals surface area contributed by atoms with Crippen molar-refractivity contribution < 1.29 is 9.50 Å². The number of thiophene rings is 1. The third-order valence-corrected chi connectivity index (χ3v) is 4.44. The van der Waals surface area contributed by atoms with E-state index >= 15 is 0 Å². The van der Waals surface area contributed by atoms with Gasteiger partial charge in [-0.2, -0.15) is 5.10 Å². The molecule has 0 bridgehead atoms. The first-order chi connectivity index (χ1) is 10.1. The minimum absolute atomic E-state index is 0.00938. The van der Waals surface area contributed by atoms with Gasteiger partial charge in [0.2, 0.25) is 0 Å². The molecule has 0 fully saturated rings. The molecule has 21 heavy (non-hydrogen) atoms. The van der Waals surface area contributed by atoms with Crippen molar-refractivity contribution in [2.24, 2.45) is 10.8 Å². The Hall–Kier alpha value is -1.99. The van der Waals surface area contributed by atoms with Crippen LogP contribution in [0.3, 0.4) is 0 Å². The zero-order valence-electron chi connectivity index (χ0n) is 10.9. The van der Waals surface area contributed by atoms with E-state index in [0.717, 1.165) is 4.88 Å². The maximum atomic E-state index is 13.4. The number of aromatic hydroxyl groups is 1. The Balaban J connectivity index is 1.99. The van der Waals surface area contributed by atoms with Crippen LogP contribution in [0.2, 0.25) is 0 Å². The van der Waals surface area contributed by atoms with Gasteiger partial charge in [0.25, 0.3) is 0 Å². The second-order valence-electron chi connectivity index (χ2n) is 4.63. The van der Waals surface area contributed by atoms with E-state index < -0.39 is 5.82 Å². The Morgan fingerprint density at radius 1 is 1.48 bits per heavy atom. The van der Waals surface area contributed by atoms with Gasteiger partial charge < -0.3 is 10.8 Å². The molecule has 0 amide bonds. The van der Waals surface area contributed by atoms with Crippen molar-refractivity contribution in [3.63, 3.8) is 0 Å². The van der Waals surface area contributed by atoms with Crippen molar-refractivity contribution in [2.75, 3.05) is 0 Å². The highest BCUT2D eigenvalue weighted by Gasteiger charge is 2.32. The molecule has 4 nitrogen and oxygen atoms in total. The van der Waals surface area contributed by atoms with Crippen LogP contribution in [0.15, 0.2) is 40.8 Å². The molecule has 3 rings (SSSR count). The molecule has 1 aliphatic heterocycles. The van der Waals surface area contributed by atoms with Crippen LogP contribution in [0.25, 0.3) is 0 Å². The quantitative estimate of drug-likeness (QED) is 0.835. The van der Waals surface area contributed by atoms with Crippen LogP contribution in [0.5, 0.6) is 5.75 Å². The van der Waals surface area contributed by atoms with Crippen molar-refractivity contribution in [3.8, 4) is 5.75 Å². The molecule has 0 aliphatic carbocycles. The smallest absolute Gasteiger partial charge is 0.187 e. The topological polar surface area (TPSA) is 61.8 Å². The van der Waals surface area contributed by atoms with E-state index in [0.29, 0.717) is 17.7 Å². The van der Waals surface area contributed by atoms with Crippen LogP contribution in [-0.2, 0) is 0 Å². The lowest BCUT2D eigenvalue weighted by molar-refractivity contribution is 0.378. The van der Waals surface area contributed by atoms with E-state index in [1.807, 2.05) is 17.5 Å². The van der Waals surface area contributed by atoms with Gasteiger partial charge in [0.15, 0.2) is 5.11 Å². The molecule has 0 saturated heterocycles. The molecule has 1 atom stereocenters. The van der Waals surface area contributed by atoms with Gasteiger partial charge in [-0.1, -0.05) is 6.07 Å². The number of hydrogen-bond donors (Lipinski definition) is 2. The summed E-state index contributed by atoms with van der Waals surface area (Å²) in [5, 5.41) is 17.9. The van der Waals surface area contributed by atoms with Crippen LogP contribution >= 0.6 is 23.6 Å². The predicted octanol–water partition coefficient (Wildman–Crippen LogP) is 2.99. The highest BCUT2D eigenvalue weighted by molar-refractivity contribution is 7.80. The molecule has 1 unspecified atom stereocenters. The van der Waals surface area contributed by atoms with Gasteiger partial charge in [-0.25, -0.2) is 9.40 Å². The SMILES string of the molecule is NC(=S)N1N=C(c2cc(F)ccc2O)CC1c1cccs1. The molecule has 1 aliphatic rings. The number of rotatable bonds is 2. The van der Waals surface area contributed by atoms with Crippen molar-refractivity contribution in [2.45, 2.75) is 12.5 Å². The summed E-state index contributed by atoms with van der Waals surface area (Å²) >= 11 is 6.61. The fourth-order valence-corrected chi connectivity index (χ4v) is 3.30. The molecule has 0 spiro atoms. The maximum Gasteiger partial charge on any atom is 0.187 e. The summed E-state index contributed by atoms with van der Waals surface area (Å²) in [5.74, 6) is -0.434. The number of phenolic OH excluding ortho intramolecular Hbond substituents is 1. The fourth-order valence-electron chi connectivity index (χ4n) is 2.32. The van der Waals surface area contributed by atoms with E-state index in [9.17, 15) is 9.50 Å². The van der Waals surface area contributed by atoms with E-state index in [1.54, 1.807) is 16.3 Å². The van der Waals surface area contributed by atoms with Crippen LogP contribution in [0, 0.1) is 5.82 Å². The molecule has 108 valence electrons. The summed E-state index contributed by atoms with van der Waals surface area (Å²) in [7, 11) is 0. The fraction of sp³-hybridized carbons (Fsp3) is 0.143. The Labute approximate surface area is 130 Å². The maximum absolute atomic E-state index is 13.4. The minimum atomic E-state index is -0.424. The lowest BCUT2D eigenvalue weighted by Crippen LogP contribution is -2.31. The summed E-state index contributed by atoms with van der Waals surface area (Å²) in [6.45, 7) is 0. The van der Waals surface area contributed by atoms with Gasteiger partial charge in [-0.05, 0) is 41.9 Å². The first-order valence-electron chi connectivity index (χ1n) is 6.24. The highest BCUT2D eigenvalue weighted by atomic mass is 32.1. The van der Waals surface area contributed by atoms with Gasteiger partial charge in [0, 0.05) is 16.9 Å². The average molecular weight is 321 g/mol. The molecule has 7 heteroatoms. The standard InChI is InChI=1S/C14H12FN3OS2/c15-8-3-4-12(19)9(6-8)10-7-11(13-2-1-5-21-13)18(17-10)14(16)20/h1-6,11,19H,7H2,(H2,16,20). The predicted molar refractivity (Wildman–Crippen MR) is 84.9 cm³/mol. The summed E-state index contributed by atoms with van der Waals surface area (Å²) < 4.78 is 13.4. The molecule has 1 aromatic carbocycles. The zero-order chi connectivity index (χ0) is 15.0. The normalized spacial score (nSPS) is 17.9. The molecule has 2 heterocycles. The number of halogens is 1. The number of nitrogens with zero attached hydrogens (tertiary/aromatic N) is 2. The number of hydrazone groups is 1. The Morgan fingerprint density at radius 3 is 2.95 bits per heavy atom.